The molecular weight excluding hydrogens is 217 g/mol. The Morgan fingerprint density at radius 3 is 2.53 bits per heavy atom. The fourth-order valence-electron chi connectivity index (χ4n) is 1.53. The fourth-order valence-corrected chi connectivity index (χ4v) is 1.53. The molecule has 2 aromatic carbocycles. The van der Waals surface area contributed by atoms with Gasteiger partial charge in [-0.3, -0.25) is 4.79 Å². The van der Waals surface area contributed by atoms with Crippen molar-refractivity contribution in [3.63, 3.8) is 0 Å². The molecule has 2 nitrogen and oxygen atoms in total. The number of anilines is 1. The summed E-state index contributed by atoms with van der Waals surface area (Å²) in [7, 11) is 0. The summed E-state index contributed by atoms with van der Waals surface area (Å²) in [6.07, 6.45) is 0.510. The molecule has 0 bridgehead atoms. The van der Waals surface area contributed by atoms with E-state index in [-0.39, 0.29) is 5.56 Å². The van der Waals surface area contributed by atoms with E-state index in [1.807, 2.05) is 30.3 Å². The minimum atomic E-state index is -0.502. The third kappa shape index (κ3) is 2.91. The second kappa shape index (κ2) is 5.25. The van der Waals surface area contributed by atoms with E-state index in [0.717, 1.165) is 5.56 Å². The van der Waals surface area contributed by atoms with E-state index >= 15 is 0 Å². The zero-order valence-corrected chi connectivity index (χ0v) is 9.19. The number of hydrogen-bond acceptors (Lipinski definition) is 2. The Morgan fingerprint density at radius 1 is 1.12 bits per heavy atom. The van der Waals surface area contributed by atoms with Gasteiger partial charge in [-0.2, -0.15) is 0 Å². The summed E-state index contributed by atoms with van der Waals surface area (Å²) in [5.41, 5.74) is 1.86. The van der Waals surface area contributed by atoms with Gasteiger partial charge in [0.1, 0.15) is 5.82 Å². The largest absolute Gasteiger partial charge is 0.381 e. The zero-order chi connectivity index (χ0) is 12.1. The normalized spacial score (nSPS) is 9.94. The van der Waals surface area contributed by atoms with Crippen molar-refractivity contribution in [2.45, 2.75) is 6.54 Å². The number of halogens is 1. The lowest BCUT2D eigenvalue weighted by atomic mass is 10.2. The molecule has 0 amide bonds. The second-order valence-corrected chi connectivity index (χ2v) is 3.69. The first-order valence-electron chi connectivity index (χ1n) is 5.32. The monoisotopic (exact) mass is 229 g/mol. The number of carbonyl (C=O) groups is 1. The molecule has 17 heavy (non-hydrogen) atoms. The van der Waals surface area contributed by atoms with Crippen molar-refractivity contribution in [3.05, 3.63) is 65.5 Å². The minimum absolute atomic E-state index is 0.0789. The molecule has 0 radical (unpaired) electrons. The molecule has 86 valence electrons. The van der Waals surface area contributed by atoms with Gasteiger partial charge < -0.3 is 5.32 Å². The molecule has 0 saturated heterocycles. The highest BCUT2D eigenvalue weighted by Crippen LogP contribution is 2.14. The highest BCUT2D eigenvalue weighted by Gasteiger charge is 2.01. The maximum atomic E-state index is 13.3. The van der Waals surface area contributed by atoms with Crippen molar-refractivity contribution in [1.29, 1.82) is 0 Å². The molecule has 0 unspecified atom stereocenters. The van der Waals surface area contributed by atoms with Gasteiger partial charge >= 0.3 is 0 Å². The Labute approximate surface area is 99.1 Å². The number of benzene rings is 2. The molecule has 0 aliphatic carbocycles. The molecule has 0 saturated carbocycles. The lowest BCUT2D eigenvalue weighted by Gasteiger charge is -2.07. The number of carbonyl (C=O) groups excluding carboxylic acids is 1. The van der Waals surface area contributed by atoms with Crippen LogP contribution in [0.4, 0.5) is 10.1 Å². The van der Waals surface area contributed by atoms with Gasteiger partial charge in [0.25, 0.3) is 0 Å². The summed E-state index contributed by atoms with van der Waals surface area (Å²) in [4.78, 5) is 10.5. The summed E-state index contributed by atoms with van der Waals surface area (Å²) in [5, 5.41) is 3.10. The third-order valence-corrected chi connectivity index (χ3v) is 2.47. The Bertz CT molecular complexity index is 511. The van der Waals surface area contributed by atoms with Gasteiger partial charge in [0.2, 0.25) is 0 Å². The number of aldehydes is 1. The number of rotatable bonds is 4. The van der Waals surface area contributed by atoms with Crippen LogP contribution in [0.3, 0.4) is 0 Å². The Kier molecular flexibility index (Phi) is 3.50. The van der Waals surface area contributed by atoms with E-state index in [9.17, 15) is 9.18 Å². The van der Waals surface area contributed by atoms with Crippen molar-refractivity contribution in [2.24, 2.45) is 0 Å². The number of hydrogen-bond donors (Lipinski definition) is 1. The zero-order valence-electron chi connectivity index (χ0n) is 9.19. The predicted octanol–water partition coefficient (Wildman–Crippen LogP) is 3.25. The van der Waals surface area contributed by atoms with Crippen LogP contribution in [-0.4, -0.2) is 6.29 Å². The topological polar surface area (TPSA) is 29.1 Å². The molecule has 0 aliphatic heterocycles. The minimum Gasteiger partial charge on any atom is -0.381 e. The Hall–Kier alpha value is -2.16. The van der Waals surface area contributed by atoms with Crippen LogP contribution >= 0.6 is 0 Å². The van der Waals surface area contributed by atoms with Crippen LogP contribution in [0.1, 0.15) is 15.9 Å². The average Bonchev–Trinajstić information content (AvgIpc) is 2.38. The van der Waals surface area contributed by atoms with Crippen LogP contribution in [0.15, 0.2) is 48.5 Å². The molecule has 0 aliphatic rings. The maximum absolute atomic E-state index is 13.3. The van der Waals surface area contributed by atoms with Crippen molar-refractivity contribution in [1.82, 2.24) is 0 Å². The quantitative estimate of drug-likeness (QED) is 0.815. The SMILES string of the molecule is O=Cc1ccc(NCc2ccccc2)cc1F. The summed E-state index contributed by atoms with van der Waals surface area (Å²) in [5.74, 6) is -0.502. The van der Waals surface area contributed by atoms with Gasteiger partial charge in [0.15, 0.2) is 6.29 Å². The molecule has 0 heterocycles. The van der Waals surface area contributed by atoms with Gasteiger partial charge in [0, 0.05) is 12.2 Å². The van der Waals surface area contributed by atoms with E-state index in [0.29, 0.717) is 18.5 Å². The number of nitrogens with one attached hydrogen (secondary N) is 1. The summed E-state index contributed by atoms with van der Waals surface area (Å²) in [6.45, 7) is 0.626. The summed E-state index contributed by atoms with van der Waals surface area (Å²) >= 11 is 0. The summed E-state index contributed by atoms with van der Waals surface area (Å²) < 4.78 is 13.3. The van der Waals surface area contributed by atoms with E-state index in [1.165, 1.54) is 12.1 Å². The van der Waals surface area contributed by atoms with E-state index in [4.69, 9.17) is 0 Å². The van der Waals surface area contributed by atoms with Gasteiger partial charge in [-0.15, -0.1) is 0 Å². The van der Waals surface area contributed by atoms with Gasteiger partial charge in [0.05, 0.1) is 5.56 Å². The van der Waals surface area contributed by atoms with Gasteiger partial charge in [-0.1, -0.05) is 30.3 Å². The van der Waals surface area contributed by atoms with Crippen LogP contribution < -0.4 is 5.32 Å². The van der Waals surface area contributed by atoms with E-state index in [2.05, 4.69) is 5.32 Å². The Morgan fingerprint density at radius 2 is 1.88 bits per heavy atom. The van der Waals surface area contributed by atoms with E-state index in [1.54, 1.807) is 6.07 Å². The molecule has 1 N–H and O–H groups in total. The predicted molar refractivity (Wildman–Crippen MR) is 65.6 cm³/mol. The molecule has 0 aromatic heterocycles. The molecule has 3 heteroatoms. The molecular formula is C14H12FNO. The first kappa shape index (κ1) is 11.3. The first-order valence-corrected chi connectivity index (χ1v) is 5.32. The lowest BCUT2D eigenvalue weighted by molar-refractivity contribution is 0.112. The van der Waals surface area contributed by atoms with Gasteiger partial charge in [-0.25, -0.2) is 4.39 Å². The first-order chi connectivity index (χ1) is 8.29. The van der Waals surface area contributed by atoms with Crippen molar-refractivity contribution >= 4 is 12.0 Å². The van der Waals surface area contributed by atoms with Crippen LogP contribution in [0.5, 0.6) is 0 Å². The van der Waals surface area contributed by atoms with Crippen molar-refractivity contribution in [2.75, 3.05) is 5.32 Å². The molecule has 2 rings (SSSR count). The third-order valence-electron chi connectivity index (χ3n) is 2.47. The van der Waals surface area contributed by atoms with E-state index < -0.39 is 5.82 Å². The van der Waals surface area contributed by atoms with Crippen LogP contribution in [0.2, 0.25) is 0 Å². The van der Waals surface area contributed by atoms with Gasteiger partial charge in [-0.05, 0) is 23.8 Å². The second-order valence-electron chi connectivity index (χ2n) is 3.69. The van der Waals surface area contributed by atoms with Crippen LogP contribution in [0.25, 0.3) is 0 Å². The smallest absolute Gasteiger partial charge is 0.152 e. The molecule has 2 aromatic rings. The standard InChI is InChI=1S/C14H12FNO/c15-14-8-13(7-6-12(14)10-17)16-9-11-4-2-1-3-5-11/h1-8,10,16H,9H2. The summed E-state index contributed by atoms with van der Waals surface area (Å²) in [6, 6.07) is 14.3. The lowest BCUT2D eigenvalue weighted by Crippen LogP contribution is -2.00. The molecule has 0 fully saturated rings. The Balaban J connectivity index is 2.05. The molecule has 0 spiro atoms. The molecule has 0 atom stereocenters. The van der Waals surface area contributed by atoms with Crippen LogP contribution in [-0.2, 0) is 6.54 Å². The van der Waals surface area contributed by atoms with Crippen molar-refractivity contribution < 1.29 is 9.18 Å². The van der Waals surface area contributed by atoms with Crippen LogP contribution in [0, 0.1) is 5.82 Å². The van der Waals surface area contributed by atoms with Crippen molar-refractivity contribution in [3.8, 4) is 0 Å². The highest BCUT2D eigenvalue weighted by molar-refractivity contribution is 5.76. The average molecular weight is 229 g/mol. The highest BCUT2D eigenvalue weighted by atomic mass is 19.1. The maximum Gasteiger partial charge on any atom is 0.152 e. The fraction of sp³-hybridized carbons (Fsp3) is 0.0714.